The van der Waals surface area contributed by atoms with E-state index in [-0.39, 0.29) is 23.5 Å². The molecular formula is C22H21NO6S. The molecule has 7 nitrogen and oxygen atoms in total. The van der Waals surface area contributed by atoms with Crippen LogP contribution < -0.4 is 0 Å². The van der Waals surface area contributed by atoms with Gasteiger partial charge in [-0.15, -0.1) is 0 Å². The molecule has 30 heavy (non-hydrogen) atoms. The Hall–Kier alpha value is -3.26. The van der Waals surface area contributed by atoms with E-state index in [9.17, 15) is 22.8 Å². The highest BCUT2D eigenvalue weighted by Gasteiger charge is 2.40. The Kier molecular flexibility index (Phi) is 6.17. The summed E-state index contributed by atoms with van der Waals surface area (Å²) in [6.07, 6.45) is 1.71. The van der Waals surface area contributed by atoms with Gasteiger partial charge in [0.25, 0.3) is 10.0 Å². The van der Waals surface area contributed by atoms with E-state index in [0.29, 0.717) is 17.4 Å². The Morgan fingerprint density at radius 1 is 1.13 bits per heavy atom. The molecule has 8 heteroatoms. The Balaban J connectivity index is 2.13. The van der Waals surface area contributed by atoms with Gasteiger partial charge in [-0.25, -0.2) is 17.5 Å². The molecule has 1 amide bonds. The summed E-state index contributed by atoms with van der Waals surface area (Å²) in [6.45, 7) is 3.61. The van der Waals surface area contributed by atoms with Crippen LogP contribution in [0.3, 0.4) is 0 Å². The van der Waals surface area contributed by atoms with Gasteiger partial charge < -0.3 is 4.74 Å². The van der Waals surface area contributed by atoms with Gasteiger partial charge in [0.2, 0.25) is 5.91 Å². The minimum atomic E-state index is -4.18. The second kappa shape index (κ2) is 8.62. The van der Waals surface area contributed by atoms with Gasteiger partial charge in [0.1, 0.15) is 6.29 Å². The van der Waals surface area contributed by atoms with Crippen LogP contribution in [0, 0.1) is 6.92 Å². The van der Waals surface area contributed by atoms with Crippen LogP contribution in [0.25, 0.3) is 0 Å². The Morgan fingerprint density at radius 3 is 2.33 bits per heavy atom. The quantitative estimate of drug-likeness (QED) is 0.519. The van der Waals surface area contributed by atoms with Crippen molar-refractivity contribution in [2.24, 2.45) is 0 Å². The molecule has 1 aliphatic heterocycles. The molecule has 1 unspecified atom stereocenters. The van der Waals surface area contributed by atoms with Crippen molar-refractivity contribution < 1.29 is 27.5 Å². The number of rotatable bonds is 6. The molecule has 2 aromatic carbocycles. The van der Waals surface area contributed by atoms with Crippen LogP contribution >= 0.6 is 0 Å². The van der Waals surface area contributed by atoms with E-state index in [2.05, 4.69) is 0 Å². The summed E-state index contributed by atoms with van der Waals surface area (Å²) in [4.78, 5) is 36.1. The van der Waals surface area contributed by atoms with Gasteiger partial charge in [0, 0.05) is 11.1 Å². The fourth-order valence-electron chi connectivity index (χ4n) is 3.19. The Bertz CT molecular complexity index is 1100. The third-order valence-electron chi connectivity index (χ3n) is 4.73. The molecule has 0 aliphatic carbocycles. The minimum absolute atomic E-state index is 0.0241. The average molecular weight is 427 g/mol. The van der Waals surface area contributed by atoms with Gasteiger partial charge in [-0.3, -0.25) is 9.59 Å². The first-order valence-corrected chi connectivity index (χ1v) is 10.8. The van der Waals surface area contributed by atoms with Gasteiger partial charge in [-0.1, -0.05) is 42.0 Å². The van der Waals surface area contributed by atoms with Crippen molar-refractivity contribution in [3.8, 4) is 0 Å². The topological polar surface area (TPSA) is 97.8 Å². The lowest BCUT2D eigenvalue weighted by molar-refractivity contribution is -0.140. The van der Waals surface area contributed by atoms with Crippen molar-refractivity contribution >= 4 is 28.2 Å². The maximum Gasteiger partial charge on any atom is 0.334 e. The molecule has 0 radical (unpaired) electrons. The lowest BCUT2D eigenvalue weighted by atomic mass is 9.97. The molecule has 1 heterocycles. The fourth-order valence-corrected chi connectivity index (χ4v) is 4.71. The van der Waals surface area contributed by atoms with Crippen LogP contribution in [-0.4, -0.2) is 37.5 Å². The highest BCUT2D eigenvalue weighted by molar-refractivity contribution is 7.89. The average Bonchev–Trinajstić information content (AvgIpc) is 2.73. The minimum Gasteiger partial charge on any atom is -0.463 e. The van der Waals surface area contributed by atoms with Gasteiger partial charge in [0.05, 0.1) is 24.0 Å². The van der Waals surface area contributed by atoms with E-state index in [0.717, 1.165) is 9.87 Å². The highest BCUT2D eigenvalue weighted by Crippen LogP contribution is 2.35. The Morgan fingerprint density at radius 2 is 1.77 bits per heavy atom. The van der Waals surface area contributed by atoms with Crippen molar-refractivity contribution in [3.05, 3.63) is 76.9 Å². The summed E-state index contributed by atoms with van der Waals surface area (Å²) >= 11 is 0. The number of aryl methyl sites for hydroxylation is 1. The van der Waals surface area contributed by atoms with Gasteiger partial charge in [-0.05, 0) is 37.6 Å². The molecule has 0 saturated carbocycles. The molecular weight excluding hydrogens is 406 g/mol. The standard InChI is InChI=1S/C22H21NO6S/c1-3-29-22(26)18-12-20(17-8-6-16(14-24)7-9-17)23(21(25)13-18)30(27,28)19-10-4-15(2)5-11-19/h4-12,14,20H,3,13H2,1-2H3. The fraction of sp³-hybridized carbons (Fsp3) is 0.227. The highest BCUT2D eigenvalue weighted by atomic mass is 32.2. The molecule has 0 saturated heterocycles. The summed E-state index contributed by atoms with van der Waals surface area (Å²) in [5.41, 5.74) is 1.83. The second-order valence-electron chi connectivity index (χ2n) is 6.83. The predicted molar refractivity (Wildman–Crippen MR) is 109 cm³/mol. The molecule has 2 aromatic rings. The first-order valence-electron chi connectivity index (χ1n) is 9.34. The summed E-state index contributed by atoms with van der Waals surface area (Å²) in [6, 6.07) is 11.3. The van der Waals surface area contributed by atoms with Crippen LogP contribution in [0.5, 0.6) is 0 Å². The van der Waals surface area contributed by atoms with Crippen LogP contribution in [-0.2, 0) is 24.3 Å². The zero-order chi connectivity index (χ0) is 21.9. The number of carbonyl (C=O) groups is 3. The lowest BCUT2D eigenvalue weighted by Crippen LogP contribution is -2.42. The predicted octanol–water partition coefficient (Wildman–Crippen LogP) is 2.96. The molecule has 0 spiro atoms. The van der Waals surface area contributed by atoms with E-state index in [1.807, 2.05) is 6.92 Å². The third-order valence-corrected chi connectivity index (χ3v) is 6.55. The number of sulfonamides is 1. The molecule has 0 aromatic heterocycles. The van der Waals surface area contributed by atoms with Crippen molar-refractivity contribution in [1.82, 2.24) is 4.31 Å². The van der Waals surface area contributed by atoms with Crippen molar-refractivity contribution in [2.75, 3.05) is 6.61 Å². The first kappa shape index (κ1) is 21.4. The van der Waals surface area contributed by atoms with Crippen LogP contribution in [0.1, 0.15) is 40.9 Å². The first-order chi connectivity index (χ1) is 14.3. The second-order valence-corrected chi connectivity index (χ2v) is 8.64. The molecule has 0 N–H and O–H groups in total. The van der Waals surface area contributed by atoms with Crippen molar-refractivity contribution in [1.29, 1.82) is 0 Å². The summed E-state index contributed by atoms with van der Waals surface area (Å²) in [5, 5.41) is 0. The number of carbonyl (C=O) groups excluding carboxylic acids is 3. The normalized spacial score (nSPS) is 16.7. The molecule has 0 bridgehead atoms. The maximum atomic E-state index is 13.3. The number of benzene rings is 2. The van der Waals surface area contributed by atoms with E-state index in [4.69, 9.17) is 4.74 Å². The van der Waals surface area contributed by atoms with E-state index in [1.165, 1.54) is 30.3 Å². The van der Waals surface area contributed by atoms with Crippen LogP contribution in [0.4, 0.5) is 0 Å². The van der Waals surface area contributed by atoms with Gasteiger partial charge in [-0.2, -0.15) is 0 Å². The smallest absolute Gasteiger partial charge is 0.334 e. The monoisotopic (exact) mass is 427 g/mol. The lowest BCUT2D eigenvalue weighted by Gasteiger charge is -2.33. The summed E-state index contributed by atoms with van der Waals surface area (Å²) in [5.74, 6) is -1.39. The SMILES string of the molecule is CCOC(=O)C1=CC(c2ccc(C=O)cc2)N(S(=O)(=O)c2ccc(C)cc2)C(=O)C1. The largest absolute Gasteiger partial charge is 0.463 e. The molecule has 156 valence electrons. The number of aldehydes is 1. The third kappa shape index (κ3) is 4.18. The molecule has 1 aliphatic rings. The molecule has 1 atom stereocenters. The van der Waals surface area contributed by atoms with Crippen LogP contribution in [0.15, 0.2) is 65.1 Å². The molecule has 3 rings (SSSR count). The number of esters is 1. The number of amides is 1. The number of hydrogen-bond donors (Lipinski definition) is 0. The zero-order valence-electron chi connectivity index (χ0n) is 16.6. The zero-order valence-corrected chi connectivity index (χ0v) is 17.4. The van der Waals surface area contributed by atoms with E-state index in [1.54, 1.807) is 31.2 Å². The maximum absolute atomic E-state index is 13.3. The van der Waals surface area contributed by atoms with E-state index >= 15 is 0 Å². The van der Waals surface area contributed by atoms with Crippen molar-refractivity contribution in [3.63, 3.8) is 0 Å². The van der Waals surface area contributed by atoms with E-state index < -0.39 is 27.9 Å². The Labute approximate surface area is 175 Å². The summed E-state index contributed by atoms with van der Waals surface area (Å²) < 4.78 is 32.4. The van der Waals surface area contributed by atoms with Crippen molar-refractivity contribution in [2.45, 2.75) is 31.2 Å². The molecule has 0 fully saturated rings. The number of hydrogen-bond acceptors (Lipinski definition) is 6. The van der Waals surface area contributed by atoms with Gasteiger partial charge in [0.15, 0.2) is 0 Å². The van der Waals surface area contributed by atoms with Crippen LogP contribution in [0.2, 0.25) is 0 Å². The van der Waals surface area contributed by atoms with Gasteiger partial charge >= 0.3 is 5.97 Å². The number of ether oxygens (including phenoxy) is 1. The number of nitrogens with zero attached hydrogens (tertiary/aromatic N) is 1. The summed E-state index contributed by atoms with van der Waals surface area (Å²) in [7, 11) is -4.18.